The maximum Gasteiger partial charge on any atom is 0.260 e. The number of rotatable bonds is 5. The van der Waals surface area contributed by atoms with Crippen LogP contribution in [0, 0.1) is 6.92 Å². The summed E-state index contributed by atoms with van der Waals surface area (Å²) in [7, 11) is 0. The number of amides is 1. The van der Waals surface area contributed by atoms with Gasteiger partial charge < -0.3 is 14.3 Å². The first-order valence-corrected chi connectivity index (χ1v) is 9.33. The van der Waals surface area contributed by atoms with Crippen molar-refractivity contribution in [2.24, 2.45) is 0 Å². The number of aromatic nitrogens is 2. The van der Waals surface area contributed by atoms with Gasteiger partial charge in [-0.15, -0.1) is 11.3 Å². The predicted octanol–water partition coefficient (Wildman–Crippen LogP) is 3.34. The molecule has 0 aliphatic heterocycles. The van der Waals surface area contributed by atoms with Gasteiger partial charge in [-0.05, 0) is 42.6 Å². The number of furan rings is 1. The largest absolute Gasteiger partial charge is 0.467 e. The van der Waals surface area contributed by atoms with E-state index in [4.69, 9.17) is 4.42 Å². The summed E-state index contributed by atoms with van der Waals surface area (Å²) in [5.74, 6) is 0.374. The molecule has 0 spiro atoms. The smallest absolute Gasteiger partial charge is 0.260 e. The molecule has 0 aliphatic rings. The first kappa shape index (κ1) is 17.2. The molecule has 0 radical (unpaired) electrons. The molecular formula is C20H17N3O3S. The molecule has 27 heavy (non-hydrogen) atoms. The minimum atomic E-state index is -0.286. The number of nitrogens with one attached hydrogen (secondary N) is 1. The minimum Gasteiger partial charge on any atom is -0.467 e. The van der Waals surface area contributed by atoms with Crippen LogP contribution in [0.3, 0.4) is 0 Å². The highest BCUT2D eigenvalue weighted by Gasteiger charge is 2.14. The van der Waals surface area contributed by atoms with Crippen molar-refractivity contribution >= 4 is 28.1 Å². The summed E-state index contributed by atoms with van der Waals surface area (Å²) in [6.07, 6.45) is 3.30. The highest BCUT2D eigenvalue weighted by Crippen LogP contribution is 2.15. The number of aryl methyl sites for hydroxylation is 1. The van der Waals surface area contributed by atoms with Gasteiger partial charge in [0.1, 0.15) is 5.76 Å². The standard InChI is InChI=1S/C20H17N3O3S/c1-13-16(19(24)21-11-14-4-2-8-26-14)10-17-18(22-13)6-7-23(20(17)25)12-15-5-3-9-27-15/h2-10H,11-12H2,1H3,(H,21,24). The highest BCUT2D eigenvalue weighted by atomic mass is 32.1. The first-order valence-electron chi connectivity index (χ1n) is 8.45. The summed E-state index contributed by atoms with van der Waals surface area (Å²) in [4.78, 5) is 31.0. The van der Waals surface area contributed by atoms with Gasteiger partial charge >= 0.3 is 0 Å². The lowest BCUT2D eigenvalue weighted by Gasteiger charge is -2.10. The van der Waals surface area contributed by atoms with Gasteiger partial charge in [0.15, 0.2) is 0 Å². The lowest BCUT2D eigenvalue weighted by atomic mass is 10.1. The summed E-state index contributed by atoms with van der Waals surface area (Å²) < 4.78 is 6.86. The van der Waals surface area contributed by atoms with Crippen molar-refractivity contribution in [3.8, 4) is 0 Å². The molecule has 0 bridgehead atoms. The van der Waals surface area contributed by atoms with Crippen LogP contribution in [0.15, 0.2) is 63.4 Å². The van der Waals surface area contributed by atoms with E-state index in [1.54, 1.807) is 53.5 Å². The van der Waals surface area contributed by atoms with E-state index in [-0.39, 0.29) is 18.0 Å². The number of hydrogen-bond donors (Lipinski definition) is 1. The van der Waals surface area contributed by atoms with Gasteiger partial charge in [-0.25, -0.2) is 0 Å². The second kappa shape index (κ2) is 7.20. The van der Waals surface area contributed by atoms with Crippen molar-refractivity contribution in [3.05, 3.63) is 86.5 Å². The Morgan fingerprint density at radius 3 is 2.93 bits per heavy atom. The van der Waals surface area contributed by atoms with Crippen molar-refractivity contribution in [2.45, 2.75) is 20.0 Å². The molecule has 4 heterocycles. The first-order chi connectivity index (χ1) is 13.1. The molecule has 0 saturated carbocycles. The summed E-state index contributed by atoms with van der Waals surface area (Å²) in [6, 6.07) is 10.9. The number of thiophene rings is 1. The Morgan fingerprint density at radius 1 is 1.30 bits per heavy atom. The van der Waals surface area contributed by atoms with Gasteiger partial charge in [-0.2, -0.15) is 0 Å². The maximum absolute atomic E-state index is 12.9. The van der Waals surface area contributed by atoms with Crippen molar-refractivity contribution < 1.29 is 9.21 Å². The molecule has 0 fully saturated rings. The van der Waals surface area contributed by atoms with Crippen LogP contribution in [0.25, 0.3) is 10.9 Å². The van der Waals surface area contributed by atoms with Gasteiger partial charge in [-0.3, -0.25) is 14.6 Å². The van der Waals surface area contributed by atoms with E-state index < -0.39 is 0 Å². The van der Waals surface area contributed by atoms with Crippen molar-refractivity contribution in [3.63, 3.8) is 0 Å². The highest BCUT2D eigenvalue weighted by molar-refractivity contribution is 7.09. The van der Waals surface area contributed by atoms with E-state index in [1.165, 1.54) is 0 Å². The monoisotopic (exact) mass is 379 g/mol. The summed E-state index contributed by atoms with van der Waals surface area (Å²) in [5.41, 5.74) is 1.39. The van der Waals surface area contributed by atoms with Crippen LogP contribution in [-0.2, 0) is 13.1 Å². The quantitative estimate of drug-likeness (QED) is 0.577. The average Bonchev–Trinajstić information content (AvgIpc) is 3.35. The third kappa shape index (κ3) is 3.54. The van der Waals surface area contributed by atoms with Crippen LogP contribution >= 0.6 is 11.3 Å². The van der Waals surface area contributed by atoms with Gasteiger partial charge in [0, 0.05) is 11.1 Å². The average molecular weight is 379 g/mol. The molecule has 0 aliphatic carbocycles. The van der Waals surface area contributed by atoms with Crippen LogP contribution in [0.2, 0.25) is 0 Å². The molecule has 4 aromatic rings. The fraction of sp³-hybridized carbons (Fsp3) is 0.150. The van der Waals surface area contributed by atoms with E-state index in [2.05, 4.69) is 10.3 Å². The van der Waals surface area contributed by atoms with Gasteiger partial charge in [0.05, 0.1) is 41.5 Å². The normalized spacial score (nSPS) is 11.0. The third-order valence-corrected chi connectivity index (χ3v) is 5.16. The summed E-state index contributed by atoms with van der Waals surface area (Å²) in [5, 5.41) is 5.21. The Bertz CT molecular complexity index is 1150. The lowest BCUT2D eigenvalue weighted by molar-refractivity contribution is 0.0947. The molecule has 4 rings (SSSR count). The molecule has 0 aromatic carbocycles. The van der Waals surface area contributed by atoms with Crippen LogP contribution < -0.4 is 10.9 Å². The zero-order chi connectivity index (χ0) is 18.8. The number of nitrogens with zero attached hydrogens (tertiary/aromatic N) is 2. The van der Waals surface area contributed by atoms with Crippen molar-refractivity contribution in [1.29, 1.82) is 0 Å². The molecule has 0 saturated heterocycles. The second-order valence-corrected chi connectivity index (χ2v) is 7.18. The van der Waals surface area contributed by atoms with Gasteiger partial charge in [0.25, 0.3) is 11.5 Å². The number of pyridine rings is 2. The Balaban J connectivity index is 1.66. The molecule has 1 amide bonds. The molecule has 1 N–H and O–H groups in total. The van der Waals surface area contributed by atoms with E-state index in [0.29, 0.717) is 34.5 Å². The Labute approximate surface area is 159 Å². The fourth-order valence-corrected chi connectivity index (χ4v) is 3.61. The van der Waals surface area contributed by atoms with Crippen molar-refractivity contribution in [1.82, 2.24) is 14.9 Å². The third-order valence-electron chi connectivity index (χ3n) is 4.30. The lowest BCUT2D eigenvalue weighted by Crippen LogP contribution is -2.25. The van der Waals surface area contributed by atoms with Crippen molar-refractivity contribution in [2.75, 3.05) is 0 Å². The minimum absolute atomic E-state index is 0.159. The molecule has 7 heteroatoms. The predicted molar refractivity (Wildman–Crippen MR) is 104 cm³/mol. The molecule has 6 nitrogen and oxygen atoms in total. The Hall–Kier alpha value is -3.19. The molecule has 4 aromatic heterocycles. The zero-order valence-electron chi connectivity index (χ0n) is 14.6. The van der Waals surface area contributed by atoms with E-state index in [1.807, 2.05) is 23.6 Å². The summed E-state index contributed by atoms with van der Waals surface area (Å²) in [6.45, 7) is 2.54. The number of carbonyl (C=O) groups excluding carboxylic acids is 1. The second-order valence-electron chi connectivity index (χ2n) is 6.14. The molecule has 136 valence electrons. The van der Waals surface area contributed by atoms with Crippen LogP contribution in [0.1, 0.15) is 26.7 Å². The van der Waals surface area contributed by atoms with E-state index >= 15 is 0 Å². The van der Waals surface area contributed by atoms with E-state index in [0.717, 1.165) is 4.88 Å². The van der Waals surface area contributed by atoms with E-state index in [9.17, 15) is 9.59 Å². The Morgan fingerprint density at radius 2 is 2.19 bits per heavy atom. The maximum atomic E-state index is 12.9. The van der Waals surface area contributed by atoms with Crippen LogP contribution in [-0.4, -0.2) is 15.5 Å². The summed E-state index contributed by atoms with van der Waals surface area (Å²) >= 11 is 1.60. The molecular weight excluding hydrogens is 362 g/mol. The SMILES string of the molecule is Cc1nc2ccn(Cc3cccs3)c(=O)c2cc1C(=O)NCc1ccco1. The molecule has 0 atom stereocenters. The van der Waals surface area contributed by atoms with Crippen LogP contribution in [0.4, 0.5) is 0 Å². The Kier molecular flexibility index (Phi) is 4.60. The number of hydrogen-bond acceptors (Lipinski definition) is 5. The van der Waals surface area contributed by atoms with Gasteiger partial charge in [0.2, 0.25) is 0 Å². The van der Waals surface area contributed by atoms with Gasteiger partial charge in [-0.1, -0.05) is 6.07 Å². The number of carbonyl (C=O) groups is 1. The molecule has 0 unspecified atom stereocenters. The fourth-order valence-electron chi connectivity index (χ4n) is 2.91. The number of fused-ring (bicyclic) bond motifs is 1. The van der Waals surface area contributed by atoms with Crippen LogP contribution in [0.5, 0.6) is 0 Å². The zero-order valence-corrected chi connectivity index (χ0v) is 15.5. The topological polar surface area (TPSA) is 77.1 Å².